The molecule has 5 heteroatoms. The van der Waals surface area contributed by atoms with E-state index in [-0.39, 0.29) is 17.7 Å². The predicted molar refractivity (Wildman–Crippen MR) is 56.2 cm³/mol. The summed E-state index contributed by atoms with van der Waals surface area (Å²) >= 11 is 0. The van der Waals surface area contributed by atoms with E-state index in [0.29, 0.717) is 5.65 Å². The van der Waals surface area contributed by atoms with Crippen LogP contribution in [0.25, 0.3) is 5.65 Å². The van der Waals surface area contributed by atoms with Crippen molar-refractivity contribution in [3.63, 3.8) is 0 Å². The van der Waals surface area contributed by atoms with Gasteiger partial charge in [0, 0.05) is 6.07 Å². The molecule has 2 heterocycles. The standard InChI is InChI=1S/C11H10N2O3/c1-2-16-11(15)8-7-12-9-5-3-4-6-13(9)10(8)14/h3-7H,2H2,1H3/p+1. The van der Waals surface area contributed by atoms with Crippen LogP contribution in [0.15, 0.2) is 35.4 Å². The third-order valence-corrected chi connectivity index (χ3v) is 2.17. The lowest BCUT2D eigenvalue weighted by Gasteiger charge is -1.98. The van der Waals surface area contributed by atoms with Crippen molar-refractivity contribution in [1.82, 2.24) is 4.40 Å². The van der Waals surface area contributed by atoms with Gasteiger partial charge in [-0.25, -0.2) is 14.6 Å². The zero-order chi connectivity index (χ0) is 11.5. The van der Waals surface area contributed by atoms with Crippen LogP contribution in [0.5, 0.6) is 0 Å². The van der Waals surface area contributed by atoms with Gasteiger partial charge < -0.3 is 4.74 Å². The lowest BCUT2D eigenvalue weighted by atomic mass is 10.3. The van der Waals surface area contributed by atoms with E-state index < -0.39 is 5.97 Å². The number of esters is 1. The highest BCUT2D eigenvalue weighted by atomic mass is 16.5. The monoisotopic (exact) mass is 219 g/mol. The minimum absolute atomic E-state index is 0.00514. The molecule has 0 aromatic carbocycles. The van der Waals surface area contributed by atoms with E-state index >= 15 is 0 Å². The Morgan fingerprint density at radius 2 is 2.31 bits per heavy atom. The van der Waals surface area contributed by atoms with Crippen LogP contribution in [-0.2, 0) is 4.74 Å². The number of aromatic amines is 1. The summed E-state index contributed by atoms with van der Waals surface area (Å²) in [7, 11) is 0. The first-order chi connectivity index (χ1) is 7.74. The molecule has 0 unspecified atom stereocenters. The largest absolute Gasteiger partial charge is 0.462 e. The fourth-order valence-electron chi connectivity index (χ4n) is 1.43. The molecule has 0 saturated heterocycles. The van der Waals surface area contributed by atoms with Crippen LogP contribution in [0.2, 0.25) is 0 Å². The molecule has 0 radical (unpaired) electrons. The number of nitrogens with zero attached hydrogens (tertiary/aromatic N) is 1. The second-order valence-corrected chi connectivity index (χ2v) is 3.18. The minimum Gasteiger partial charge on any atom is -0.462 e. The van der Waals surface area contributed by atoms with Gasteiger partial charge in [0.25, 0.3) is 5.65 Å². The summed E-state index contributed by atoms with van der Waals surface area (Å²) in [5.41, 5.74) is 0.249. The van der Waals surface area contributed by atoms with Crippen LogP contribution in [0.1, 0.15) is 17.3 Å². The number of hydrogen-bond donors (Lipinski definition) is 0. The number of fused-ring (bicyclic) bond motifs is 1. The Morgan fingerprint density at radius 1 is 1.50 bits per heavy atom. The maximum atomic E-state index is 11.9. The molecule has 2 aromatic heterocycles. The van der Waals surface area contributed by atoms with Gasteiger partial charge in [-0.05, 0) is 13.0 Å². The van der Waals surface area contributed by atoms with Gasteiger partial charge in [-0.15, -0.1) is 0 Å². The highest BCUT2D eigenvalue weighted by Gasteiger charge is 2.18. The van der Waals surface area contributed by atoms with E-state index in [2.05, 4.69) is 4.98 Å². The number of hydrogen-bond acceptors (Lipinski definition) is 3. The molecule has 0 aliphatic carbocycles. The number of H-pyrrole nitrogens is 1. The van der Waals surface area contributed by atoms with Gasteiger partial charge >= 0.3 is 11.5 Å². The van der Waals surface area contributed by atoms with Crippen molar-refractivity contribution in [1.29, 1.82) is 0 Å². The highest BCUT2D eigenvalue weighted by Crippen LogP contribution is 1.95. The molecule has 0 saturated carbocycles. The molecule has 0 atom stereocenters. The molecule has 2 rings (SSSR count). The van der Waals surface area contributed by atoms with Crippen LogP contribution < -0.4 is 10.5 Å². The van der Waals surface area contributed by atoms with Crippen molar-refractivity contribution in [3.8, 4) is 0 Å². The molecule has 0 aliphatic heterocycles. The summed E-state index contributed by atoms with van der Waals surface area (Å²) in [5, 5.41) is 0. The van der Waals surface area contributed by atoms with E-state index in [0.717, 1.165) is 0 Å². The second-order valence-electron chi connectivity index (χ2n) is 3.18. The molecule has 0 bridgehead atoms. The average Bonchev–Trinajstić information content (AvgIpc) is 2.30. The van der Waals surface area contributed by atoms with Gasteiger partial charge in [-0.1, -0.05) is 6.07 Å². The van der Waals surface area contributed by atoms with Crippen LogP contribution in [0.4, 0.5) is 0 Å². The van der Waals surface area contributed by atoms with Gasteiger partial charge in [0.1, 0.15) is 6.20 Å². The quantitative estimate of drug-likeness (QED) is 0.682. The SMILES string of the molecule is CCOC(=O)c1c[nH+]c2ccccn2c1=O. The Kier molecular flexibility index (Phi) is 2.68. The Labute approximate surface area is 91.3 Å². The highest BCUT2D eigenvalue weighted by molar-refractivity contribution is 5.88. The number of rotatable bonds is 2. The molecule has 0 aliphatic rings. The summed E-state index contributed by atoms with van der Waals surface area (Å²) in [6.07, 6.45) is 2.96. The zero-order valence-corrected chi connectivity index (χ0v) is 8.77. The summed E-state index contributed by atoms with van der Waals surface area (Å²) in [5.74, 6) is -0.609. The Balaban J connectivity index is 2.61. The van der Waals surface area contributed by atoms with Crippen molar-refractivity contribution in [2.24, 2.45) is 0 Å². The number of nitrogens with one attached hydrogen (secondary N) is 1. The fourth-order valence-corrected chi connectivity index (χ4v) is 1.43. The van der Waals surface area contributed by atoms with Crippen molar-refractivity contribution in [2.75, 3.05) is 6.61 Å². The Morgan fingerprint density at radius 3 is 3.06 bits per heavy atom. The fraction of sp³-hybridized carbons (Fsp3) is 0.182. The third-order valence-electron chi connectivity index (χ3n) is 2.17. The smallest absolute Gasteiger partial charge is 0.357 e. The second kappa shape index (κ2) is 4.14. The van der Waals surface area contributed by atoms with Gasteiger partial charge in [-0.2, -0.15) is 4.40 Å². The van der Waals surface area contributed by atoms with Gasteiger partial charge in [0.2, 0.25) is 0 Å². The lowest BCUT2D eigenvalue weighted by molar-refractivity contribution is -0.351. The molecule has 0 spiro atoms. The summed E-state index contributed by atoms with van der Waals surface area (Å²) in [6.45, 7) is 1.94. The topological polar surface area (TPSA) is 61.9 Å². The Hall–Kier alpha value is -2.17. The molecular weight excluding hydrogens is 208 g/mol. The van der Waals surface area contributed by atoms with E-state index in [4.69, 9.17) is 4.74 Å². The van der Waals surface area contributed by atoms with E-state index in [1.165, 1.54) is 10.6 Å². The number of ether oxygens (including phenoxy) is 1. The predicted octanol–water partition coefficient (Wildman–Crippen LogP) is 0.290. The molecule has 5 nitrogen and oxygen atoms in total. The number of carbonyl (C=O) groups is 1. The summed E-state index contributed by atoms with van der Waals surface area (Å²) in [4.78, 5) is 26.2. The third kappa shape index (κ3) is 1.67. The number of pyridine rings is 1. The molecule has 0 fully saturated rings. The molecule has 2 aromatic rings. The van der Waals surface area contributed by atoms with Crippen molar-refractivity contribution < 1.29 is 14.5 Å². The minimum atomic E-state index is -0.609. The van der Waals surface area contributed by atoms with Crippen LogP contribution in [-0.4, -0.2) is 17.0 Å². The van der Waals surface area contributed by atoms with E-state index in [9.17, 15) is 9.59 Å². The summed E-state index contributed by atoms with van der Waals surface area (Å²) < 4.78 is 6.15. The molecule has 16 heavy (non-hydrogen) atoms. The van der Waals surface area contributed by atoms with Gasteiger partial charge in [0.15, 0.2) is 5.56 Å². The normalized spacial score (nSPS) is 10.3. The maximum Gasteiger partial charge on any atom is 0.357 e. The number of carbonyl (C=O) groups excluding carboxylic acids is 1. The van der Waals surface area contributed by atoms with Crippen LogP contribution in [0.3, 0.4) is 0 Å². The van der Waals surface area contributed by atoms with Crippen LogP contribution in [0, 0.1) is 0 Å². The van der Waals surface area contributed by atoms with Crippen LogP contribution >= 0.6 is 0 Å². The zero-order valence-electron chi connectivity index (χ0n) is 8.77. The Bertz CT molecular complexity index is 589. The molecule has 1 N–H and O–H groups in total. The first-order valence-corrected chi connectivity index (χ1v) is 4.93. The molecule has 82 valence electrons. The lowest BCUT2D eigenvalue weighted by Crippen LogP contribution is -2.29. The first-order valence-electron chi connectivity index (χ1n) is 4.93. The number of aromatic nitrogens is 2. The van der Waals surface area contributed by atoms with Crippen molar-refractivity contribution >= 4 is 11.6 Å². The average molecular weight is 219 g/mol. The summed E-state index contributed by atoms with van der Waals surface area (Å²) in [6, 6.07) is 5.27. The van der Waals surface area contributed by atoms with Gasteiger partial charge in [0.05, 0.1) is 12.8 Å². The molecule has 0 amide bonds. The van der Waals surface area contributed by atoms with Crippen molar-refractivity contribution in [2.45, 2.75) is 6.92 Å². The van der Waals surface area contributed by atoms with Gasteiger partial charge in [-0.3, -0.25) is 0 Å². The molecular formula is C11H11N2O3+. The maximum absolute atomic E-state index is 11.9. The van der Waals surface area contributed by atoms with E-state index in [1.54, 1.807) is 31.3 Å². The van der Waals surface area contributed by atoms with E-state index in [1.807, 2.05) is 0 Å². The first kappa shape index (κ1) is 10.4. The van der Waals surface area contributed by atoms with Crippen molar-refractivity contribution in [3.05, 3.63) is 46.5 Å².